The highest BCUT2D eigenvalue weighted by Crippen LogP contribution is 2.08. The highest BCUT2D eigenvalue weighted by molar-refractivity contribution is 7.80. The summed E-state index contributed by atoms with van der Waals surface area (Å²) in [7, 11) is 0. The number of thiol groups is 1. The largest absolute Gasteiger partial charge is 0.481 e. The van der Waals surface area contributed by atoms with Gasteiger partial charge in [0.1, 0.15) is 18.1 Å². The Labute approximate surface area is 180 Å². The molecule has 0 aliphatic carbocycles. The van der Waals surface area contributed by atoms with Gasteiger partial charge in [-0.1, -0.05) is 27.7 Å². The van der Waals surface area contributed by atoms with Crippen LogP contribution in [-0.4, -0.2) is 69.8 Å². The van der Waals surface area contributed by atoms with Crippen molar-refractivity contribution in [3.8, 4) is 0 Å². The molecule has 0 aromatic carbocycles. The molecule has 0 aliphatic heterocycles. The predicted octanol–water partition coefficient (Wildman–Crippen LogP) is -1.04. The van der Waals surface area contributed by atoms with E-state index in [9.17, 15) is 29.1 Å². The summed E-state index contributed by atoms with van der Waals surface area (Å²) in [5.41, 5.74) is 5.61. The van der Waals surface area contributed by atoms with E-state index in [0.29, 0.717) is 0 Å². The zero-order valence-electron chi connectivity index (χ0n) is 17.5. The van der Waals surface area contributed by atoms with E-state index >= 15 is 0 Å². The molecule has 11 nitrogen and oxygen atoms in total. The van der Waals surface area contributed by atoms with Crippen LogP contribution in [0.4, 0.5) is 0 Å². The summed E-state index contributed by atoms with van der Waals surface area (Å²) in [4.78, 5) is 59.4. The predicted molar refractivity (Wildman–Crippen MR) is 112 cm³/mol. The van der Waals surface area contributed by atoms with Gasteiger partial charge in [-0.05, 0) is 18.3 Å². The third kappa shape index (κ3) is 9.44. The van der Waals surface area contributed by atoms with Gasteiger partial charge in [-0.25, -0.2) is 4.79 Å². The van der Waals surface area contributed by atoms with Crippen LogP contribution in [0.2, 0.25) is 0 Å². The Kier molecular flexibility index (Phi) is 12.0. The van der Waals surface area contributed by atoms with Crippen molar-refractivity contribution in [2.45, 2.75) is 64.7 Å². The van der Waals surface area contributed by atoms with Crippen LogP contribution in [0, 0.1) is 11.8 Å². The average molecular weight is 449 g/mol. The lowest BCUT2D eigenvalue weighted by molar-refractivity contribution is -0.143. The van der Waals surface area contributed by atoms with Crippen LogP contribution in [0.5, 0.6) is 0 Å². The number of carboxylic acids is 2. The molecule has 4 atom stereocenters. The summed E-state index contributed by atoms with van der Waals surface area (Å²) in [6.45, 7) is 6.70. The summed E-state index contributed by atoms with van der Waals surface area (Å²) in [5, 5.41) is 25.3. The Morgan fingerprint density at radius 2 is 1.27 bits per heavy atom. The minimum absolute atomic E-state index is 0.0855. The van der Waals surface area contributed by atoms with Crippen LogP contribution < -0.4 is 21.7 Å². The van der Waals surface area contributed by atoms with E-state index in [0.717, 1.165) is 0 Å². The molecule has 0 fully saturated rings. The molecular formula is C18H32N4O7S. The van der Waals surface area contributed by atoms with E-state index < -0.39 is 66.2 Å². The van der Waals surface area contributed by atoms with Gasteiger partial charge in [0.15, 0.2) is 0 Å². The second-order valence-electron chi connectivity index (χ2n) is 7.58. The van der Waals surface area contributed by atoms with Gasteiger partial charge >= 0.3 is 11.9 Å². The lowest BCUT2D eigenvalue weighted by atomic mass is 9.99. The van der Waals surface area contributed by atoms with E-state index in [1.165, 1.54) is 0 Å². The number of carbonyl (C=O) groups excluding carboxylic acids is 3. The first-order valence-corrected chi connectivity index (χ1v) is 10.2. The first-order valence-electron chi connectivity index (χ1n) is 9.53. The molecule has 0 radical (unpaired) electrons. The van der Waals surface area contributed by atoms with Crippen molar-refractivity contribution in [2.24, 2.45) is 17.6 Å². The lowest BCUT2D eigenvalue weighted by Crippen LogP contribution is -2.59. The van der Waals surface area contributed by atoms with Crippen LogP contribution in [0.3, 0.4) is 0 Å². The molecule has 0 saturated heterocycles. The van der Waals surface area contributed by atoms with Gasteiger partial charge in [0, 0.05) is 12.2 Å². The summed E-state index contributed by atoms with van der Waals surface area (Å²) in [6, 6.07) is -4.39. The number of nitrogens with one attached hydrogen (secondary N) is 3. The number of rotatable bonds is 13. The minimum atomic E-state index is -1.42. The number of carboxylic acid groups (broad SMARTS) is 2. The van der Waals surface area contributed by atoms with Crippen molar-refractivity contribution < 1.29 is 34.2 Å². The summed E-state index contributed by atoms with van der Waals surface area (Å²) in [6.07, 6.45) is -0.746. The SMILES string of the molecule is CC(C)C(NC(=O)C(N)CS)C(=O)NC(C(=O)NC(CCC(=O)O)C(=O)O)C(C)C. The van der Waals surface area contributed by atoms with E-state index in [1.807, 2.05) is 0 Å². The Morgan fingerprint density at radius 3 is 1.63 bits per heavy atom. The van der Waals surface area contributed by atoms with Gasteiger partial charge < -0.3 is 31.9 Å². The molecule has 0 aromatic rings. The van der Waals surface area contributed by atoms with E-state index in [4.69, 9.17) is 10.8 Å². The second kappa shape index (κ2) is 13.1. The maximum absolute atomic E-state index is 12.7. The first kappa shape index (κ1) is 27.7. The van der Waals surface area contributed by atoms with Gasteiger partial charge in [0.2, 0.25) is 17.7 Å². The van der Waals surface area contributed by atoms with E-state index in [2.05, 4.69) is 28.6 Å². The number of hydrogen-bond donors (Lipinski definition) is 7. The van der Waals surface area contributed by atoms with E-state index in [1.54, 1.807) is 27.7 Å². The summed E-state index contributed by atoms with van der Waals surface area (Å²) >= 11 is 3.94. The zero-order valence-corrected chi connectivity index (χ0v) is 18.4. The molecule has 0 heterocycles. The fraction of sp³-hybridized carbons (Fsp3) is 0.722. The van der Waals surface area contributed by atoms with Crippen molar-refractivity contribution in [1.82, 2.24) is 16.0 Å². The van der Waals surface area contributed by atoms with Crippen molar-refractivity contribution in [3.05, 3.63) is 0 Å². The molecule has 0 saturated carbocycles. The molecule has 0 aliphatic rings. The standard InChI is InChI=1S/C18H32N4O7S/c1-8(2)13(16(26)20-11(18(28)29)5-6-12(23)24)22-17(27)14(9(3)4)21-15(25)10(19)7-30/h8-11,13-14,30H,5-7,19H2,1-4H3,(H,20,26)(H,21,25)(H,22,27)(H,23,24)(H,28,29). The first-order chi connectivity index (χ1) is 13.8. The molecule has 0 bridgehead atoms. The maximum Gasteiger partial charge on any atom is 0.326 e. The van der Waals surface area contributed by atoms with Crippen molar-refractivity contribution in [2.75, 3.05) is 5.75 Å². The Bertz CT molecular complexity index is 642. The van der Waals surface area contributed by atoms with Crippen molar-refractivity contribution in [3.63, 3.8) is 0 Å². The van der Waals surface area contributed by atoms with Gasteiger partial charge in [-0.15, -0.1) is 0 Å². The molecular weight excluding hydrogens is 416 g/mol. The highest BCUT2D eigenvalue weighted by atomic mass is 32.1. The van der Waals surface area contributed by atoms with Crippen molar-refractivity contribution >= 4 is 42.3 Å². The fourth-order valence-corrected chi connectivity index (χ4v) is 2.61. The van der Waals surface area contributed by atoms with Crippen LogP contribution in [0.15, 0.2) is 0 Å². The van der Waals surface area contributed by atoms with Crippen LogP contribution in [0.25, 0.3) is 0 Å². The Hall–Kier alpha value is -2.34. The van der Waals surface area contributed by atoms with Crippen LogP contribution in [0.1, 0.15) is 40.5 Å². The highest BCUT2D eigenvalue weighted by Gasteiger charge is 2.33. The van der Waals surface area contributed by atoms with Crippen LogP contribution >= 0.6 is 12.6 Å². The number of nitrogens with two attached hydrogens (primary N) is 1. The fourth-order valence-electron chi connectivity index (χ4n) is 2.44. The molecule has 30 heavy (non-hydrogen) atoms. The maximum atomic E-state index is 12.7. The molecule has 0 spiro atoms. The lowest BCUT2D eigenvalue weighted by Gasteiger charge is -2.28. The smallest absolute Gasteiger partial charge is 0.326 e. The molecule has 12 heteroatoms. The number of amides is 3. The molecule has 3 amide bonds. The Balaban J connectivity index is 5.32. The monoisotopic (exact) mass is 448 g/mol. The van der Waals surface area contributed by atoms with Gasteiger partial charge in [-0.2, -0.15) is 12.6 Å². The molecule has 4 unspecified atom stereocenters. The summed E-state index contributed by atoms with van der Waals surface area (Å²) < 4.78 is 0. The minimum Gasteiger partial charge on any atom is -0.481 e. The number of hydrogen-bond acceptors (Lipinski definition) is 7. The van der Waals surface area contributed by atoms with Crippen LogP contribution in [-0.2, 0) is 24.0 Å². The number of aliphatic carboxylic acids is 2. The topological polar surface area (TPSA) is 188 Å². The second-order valence-corrected chi connectivity index (χ2v) is 7.95. The molecule has 0 rings (SSSR count). The quantitative estimate of drug-likeness (QED) is 0.174. The molecule has 0 aromatic heterocycles. The van der Waals surface area contributed by atoms with Gasteiger partial charge in [-0.3, -0.25) is 19.2 Å². The van der Waals surface area contributed by atoms with E-state index in [-0.39, 0.29) is 18.1 Å². The van der Waals surface area contributed by atoms with Gasteiger partial charge in [0.05, 0.1) is 6.04 Å². The van der Waals surface area contributed by atoms with Gasteiger partial charge in [0.25, 0.3) is 0 Å². The third-order valence-electron chi connectivity index (χ3n) is 4.29. The Morgan fingerprint density at radius 1 is 0.833 bits per heavy atom. The normalized spacial score (nSPS) is 15.1. The average Bonchev–Trinajstić information content (AvgIpc) is 2.64. The summed E-state index contributed by atoms with van der Waals surface area (Å²) in [5.74, 6) is -5.18. The molecule has 7 N–H and O–H groups in total. The number of carbonyl (C=O) groups is 5. The molecule has 172 valence electrons. The third-order valence-corrected chi connectivity index (χ3v) is 4.68. The van der Waals surface area contributed by atoms with Crippen molar-refractivity contribution in [1.29, 1.82) is 0 Å². The zero-order chi connectivity index (χ0) is 23.6.